The van der Waals surface area contributed by atoms with Crippen LogP contribution in [0, 0.1) is 20.8 Å². The third-order valence-corrected chi connectivity index (χ3v) is 4.80. The lowest BCUT2D eigenvalue weighted by atomic mass is 10.2. The molecule has 21 heavy (non-hydrogen) atoms. The van der Waals surface area contributed by atoms with Crippen molar-refractivity contribution in [2.24, 2.45) is 0 Å². The number of nitrogens with one attached hydrogen (secondary N) is 2. The van der Waals surface area contributed by atoms with Gasteiger partial charge in [-0.2, -0.15) is 5.10 Å². The standard InChI is InChI=1S/C14H19N3O3S/c1-9-7-12(5-6-14(9)20-4)21(18,19)15-8-13-10(2)16-17-11(13)3/h5-7,15H,8H2,1-4H3,(H,16,17). The van der Waals surface area contributed by atoms with Crippen LogP contribution in [0.15, 0.2) is 23.1 Å². The summed E-state index contributed by atoms with van der Waals surface area (Å²) in [5.41, 5.74) is 3.29. The Kier molecular flexibility index (Phi) is 4.34. The minimum Gasteiger partial charge on any atom is -0.496 e. The van der Waals surface area contributed by atoms with Gasteiger partial charge in [-0.3, -0.25) is 5.10 Å². The average molecular weight is 309 g/mol. The molecule has 0 atom stereocenters. The van der Waals surface area contributed by atoms with Crippen LogP contribution in [0.4, 0.5) is 0 Å². The molecular formula is C14H19N3O3S. The van der Waals surface area contributed by atoms with Crippen LogP contribution in [0.5, 0.6) is 5.75 Å². The van der Waals surface area contributed by atoms with Gasteiger partial charge in [0.25, 0.3) is 0 Å². The van der Waals surface area contributed by atoms with E-state index in [-0.39, 0.29) is 11.4 Å². The largest absolute Gasteiger partial charge is 0.496 e. The Labute approximate surface area is 124 Å². The molecule has 0 saturated carbocycles. The number of methoxy groups -OCH3 is 1. The first-order valence-corrected chi connectivity index (χ1v) is 7.98. The molecule has 1 aromatic carbocycles. The van der Waals surface area contributed by atoms with Crippen molar-refractivity contribution < 1.29 is 13.2 Å². The topological polar surface area (TPSA) is 84.1 Å². The van der Waals surface area contributed by atoms with Gasteiger partial charge >= 0.3 is 0 Å². The molecule has 0 bridgehead atoms. The van der Waals surface area contributed by atoms with Gasteiger partial charge in [0, 0.05) is 17.8 Å². The van der Waals surface area contributed by atoms with Crippen molar-refractivity contribution in [1.82, 2.24) is 14.9 Å². The van der Waals surface area contributed by atoms with Gasteiger partial charge in [-0.1, -0.05) is 0 Å². The second kappa shape index (κ2) is 5.87. The number of sulfonamides is 1. The smallest absolute Gasteiger partial charge is 0.240 e. The third kappa shape index (κ3) is 3.25. The first-order valence-electron chi connectivity index (χ1n) is 6.50. The fourth-order valence-corrected chi connectivity index (χ4v) is 3.18. The number of nitrogens with zero attached hydrogens (tertiary/aromatic N) is 1. The van der Waals surface area contributed by atoms with Crippen LogP contribution in [0.25, 0.3) is 0 Å². The second-order valence-electron chi connectivity index (χ2n) is 4.87. The Hall–Kier alpha value is -1.86. The molecule has 114 valence electrons. The predicted molar refractivity (Wildman–Crippen MR) is 79.8 cm³/mol. The first kappa shape index (κ1) is 15.5. The van der Waals surface area contributed by atoms with Gasteiger partial charge in [-0.15, -0.1) is 0 Å². The van der Waals surface area contributed by atoms with Gasteiger partial charge in [0.05, 0.1) is 17.7 Å². The van der Waals surface area contributed by atoms with Gasteiger partial charge in [0.15, 0.2) is 0 Å². The molecule has 2 aromatic rings. The summed E-state index contributed by atoms with van der Waals surface area (Å²) < 4.78 is 32.4. The van der Waals surface area contributed by atoms with Crippen molar-refractivity contribution in [3.05, 3.63) is 40.7 Å². The predicted octanol–water partition coefficient (Wildman–Crippen LogP) is 1.82. The summed E-state index contributed by atoms with van der Waals surface area (Å²) in [6, 6.07) is 4.78. The lowest BCUT2D eigenvalue weighted by Crippen LogP contribution is -2.23. The zero-order chi connectivity index (χ0) is 15.6. The number of rotatable bonds is 5. The molecule has 2 rings (SSSR count). The van der Waals surface area contributed by atoms with Crippen LogP contribution < -0.4 is 9.46 Å². The minimum absolute atomic E-state index is 0.210. The molecule has 0 fully saturated rings. The maximum absolute atomic E-state index is 12.3. The molecule has 6 nitrogen and oxygen atoms in total. The van der Waals surface area contributed by atoms with Crippen molar-refractivity contribution in [2.45, 2.75) is 32.2 Å². The van der Waals surface area contributed by atoms with E-state index in [9.17, 15) is 8.42 Å². The molecule has 0 radical (unpaired) electrons. The summed E-state index contributed by atoms with van der Waals surface area (Å²) in [7, 11) is -2.01. The monoisotopic (exact) mass is 309 g/mol. The number of aromatic amines is 1. The van der Waals surface area contributed by atoms with Crippen molar-refractivity contribution in [2.75, 3.05) is 7.11 Å². The van der Waals surface area contributed by atoms with Crippen LogP contribution in [0.2, 0.25) is 0 Å². The maximum atomic E-state index is 12.3. The molecule has 2 N–H and O–H groups in total. The molecular weight excluding hydrogens is 290 g/mol. The van der Waals surface area contributed by atoms with E-state index in [0.717, 1.165) is 22.5 Å². The van der Waals surface area contributed by atoms with Gasteiger partial charge < -0.3 is 4.74 Å². The van der Waals surface area contributed by atoms with Crippen molar-refractivity contribution in [3.8, 4) is 5.75 Å². The summed E-state index contributed by atoms with van der Waals surface area (Å²) in [5, 5.41) is 6.89. The van der Waals surface area contributed by atoms with E-state index in [1.165, 1.54) is 6.07 Å². The molecule has 0 amide bonds. The Balaban J connectivity index is 2.21. The summed E-state index contributed by atoms with van der Waals surface area (Å²) in [6.07, 6.45) is 0. The Morgan fingerprint density at radius 3 is 2.52 bits per heavy atom. The molecule has 1 heterocycles. The highest BCUT2D eigenvalue weighted by molar-refractivity contribution is 7.89. The van der Waals surface area contributed by atoms with Crippen LogP contribution in [0.1, 0.15) is 22.5 Å². The van der Waals surface area contributed by atoms with E-state index in [0.29, 0.717) is 5.75 Å². The second-order valence-corrected chi connectivity index (χ2v) is 6.64. The zero-order valence-corrected chi connectivity index (χ0v) is 13.3. The van der Waals surface area contributed by atoms with Crippen LogP contribution in [-0.2, 0) is 16.6 Å². The van der Waals surface area contributed by atoms with E-state index in [1.807, 2.05) is 20.8 Å². The Bertz CT molecular complexity index is 731. The van der Waals surface area contributed by atoms with Crippen molar-refractivity contribution in [1.29, 1.82) is 0 Å². The molecule has 0 aliphatic heterocycles. The highest BCUT2D eigenvalue weighted by Gasteiger charge is 2.17. The summed E-state index contributed by atoms with van der Waals surface area (Å²) >= 11 is 0. The number of aryl methyl sites for hydroxylation is 3. The first-order chi connectivity index (χ1) is 9.85. The van der Waals surface area contributed by atoms with Crippen LogP contribution in [0.3, 0.4) is 0 Å². The Morgan fingerprint density at radius 1 is 1.29 bits per heavy atom. The summed E-state index contributed by atoms with van der Waals surface area (Å²) in [6.45, 7) is 5.72. The number of ether oxygens (including phenoxy) is 1. The van der Waals surface area contributed by atoms with Crippen LogP contribution in [-0.4, -0.2) is 25.7 Å². The number of benzene rings is 1. The van der Waals surface area contributed by atoms with Crippen molar-refractivity contribution in [3.63, 3.8) is 0 Å². The number of H-pyrrole nitrogens is 1. The highest BCUT2D eigenvalue weighted by Crippen LogP contribution is 2.21. The Morgan fingerprint density at radius 2 is 2.00 bits per heavy atom. The molecule has 0 aliphatic carbocycles. The summed E-state index contributed by atoms with van der Waals surface area (Å²) in [4.78, 5) is 0.222. The molecule has 7 heteroatoms. The van der Waals surface area contributed by atoms with Gasteiger partial charge in [-0.25, -0.2) is 13.1 Å². The van der Waals surface area contributed by atoms with E-state index >= 15 is 0 Å². The normalized spacial score (nSPS) is 11.6. The van der Waals surface area contributed by atoms with Gasteiger partial charge in [0.2, 0.25) is 10.0 Å². The maximum Gasteiger partial charge on any atom is 0.240 e. The molecule has 1 aromatic heterocycles. The minimum atomic E-state index is -3.56. The zero-order valence-electron chi connectivity index (χ0n) is 12.5. The van der Waals surface area contributed by atoms with E-state index in [4.69, 9.17) is 4.74 Å². The average Bonchev–Trinajstić information content (AvgIpc) is 2.76. The molecule has 0 aliphatic rings. The fraction of sp³-hybridized carbons (Fsp3) is 0.357. The SMILES string of the molecule is COc1ccc(S(=O)(=O)NCc2c(C)n[nH]c2C)cc1C. The molecule has 0 saturated heterocycles. The summed E-state index contributed by atoms with van der Waals surface area (Å²) in [5.74, 6) is 0.662. The highest BCUT2D eigenvalue weighted by atomic mass is 32.2. The number of hydrogen-bond acceptors (Lipinski definition) is 4. The fourth-order valence-electron chi connectivity index (χ4n) is 2.10. The molecule has 0 spiro atoms. The van der Waals surface area contributed by atoms with Crippen LogP contribution >= 0.6 is 0 Å². The quantitative estimate of drug-likeness (QED) is 0.882. The molecule has 0 unspecified atom stereocenters. The third-order valence-electron chi connectivity index (χ3n) is 3.40. The van der Waals surface area contributed by atoms with E-state index in [2.05, 4.69) is 14.9 Å². The lowest BCUT2D eigenvalue weighted by Gasteiger charge is -2.10. The number of aromatic nitrogens is 2. The van der Waals surface area contributed by atoms with Gasteiger partial charge in [0.1, 0.15) is 5.75 Å². The van der Waals surface area contributed by atoms with Crippen molar-refractivity contribution >= 4 is 10.0 Å². The van der Waals surface area contributed by atoms with E-state index < -0.39 is 10.0 Å². The van der Waals surface area contributed by atoms with E-state index in [1.54, 1.807) is 19.2 Å². The lowest BCUT2D eigenvalue weighted by molar-refractivity contribution is 0.411. The number of hydrogen-bond donors (Lipinski definition) is 2. The van der Waals surface area contributed by atoms with Gasteiger partial charge in [-0.05, 0) is 44.5 Å².